The number of rotatable bonds is 6. The van der Waals surface area contributed by atoms with Gasteiger partial charge < -0.3 is 14.5 Å². The second-order valence-electron chi connectivity index (χ2n) is 6.00. The number of hydrogen-bond acceptors (Lipinski definition) is 5. The van der Waals surface area contributed by atoms with E-state index in [4.69, 9.17) is 4.74 Å². The van der Waals surface area contributed by atoms with Gasteiger partial charge in [0.2, 0.25) is 5.88 Å². The third-order valence-electron chi connectivity index (χ3n) is 4.24. The second-order valence-corrected chi connectivity index (χ2v) is 6.00. The van der Waals surface area contributed by atoms with Crippen molar-refractivity contribution in [1.29, 1.82) is 0 Å². The highest BCUT2D eigenvalue weighted by atomic mass is 16.5. The van der Waals surface area contributed by atoms with Crippen molar-refractivity contribution in [1.82, 2.24) is 19.8 Å². The number of benzene rings is 1. The lowest BCUT2D eigenvalue weighted by Crippen LogP contribution is -2.44. The Balaban J connectivity index is 1.53. The minimum atomic E-state index is 0.541. The van der Waals surface area contributed by atoms with Gasteiger partial charge in [0, 0.05) is 38.6 Å². The molecule has 0 saturated carbocycles. The first-order valence-corrected chi connectivity index (χ1v) is 8.24. The Hall–Kier alpha value is -1.98. The Labute approximate surface area is 137 Å². The molecule has 0 bridgehead atoms. The van der Waals surface area contributed by atoms with E-state index in [1.165, 1.54) is 31.7 Å². The van der Waals surface area contributed by atoms with E-state index in [-0.39, 0.29) is 0 Å². The Morgan fingerprint density at radius 1 is 1.09 bits per heavy atom. The van der Waals surface area contributed by atoms with Gasteiger partial charge in [-0.3, -0.25) is 4.98 Å². The molecule has 1 fully saturated rings. The second kappa shape index (κ2) is 8.04. The fourth-order valence-electron chi connectivity index (χ4n) is 2.83. The summed E-state index contributed by atoms with van der Waals surface area (Å²) in [5.41, 5.74) is 1.23. The Morgan fingerprint density at radius 3 is 2.70 bits per heavy atom. The Morgan fingerprint density at radius 2 is 1.91 bits per heavy atom. The fraction of sp³-hybridized carbons (Fsp3) is 0.444. The van der Waals surface area contributed by atoms with Gasteiger partial charge in [0.15, 0.2) is 0 Å². The lowest BCUT2D eigenvalue weighted by atomic mass is 10.1. The van der Waals surface area contributed by atoms with Crippen molar-refractivity contribution in [2.75, 3.05) is 39.8 Å². The van der Waals surface area contributed by atoms with Crippen LogP contribution in [0, 0.1) is 0 Å². The van der Waals surface area contributed by atoms with Crippen LogP contribution in [0.4, 0.5) is 0 Å². The van der Waals surface area contributed by atoms with Gasteiger partial charge >= 0.3 is 0 Å². The summed E-state index contributed by atoms with van der Waals surface area (Å²) < 4.78 is 5.87. The summed E-state index contributed by atoms with van der Waals surface area (Å²) >= 11 is 0. The molecule has 1 aromatic carbocycles. The van der Waals surface area contributed by atoms with Crippen LogP contribution in [0.1, 0.15) is 12.0 Å². The topological polar surface area (TPSA) is 41.5 Å². The third-order valence-corrected chi connectivity index (χ3v) is 4.24. The highest BCUT2D eigenvalue weighted by Gasteiger charge is 2.13. The SMILES string of the molecule is CN1CCN(CCCc2ccccc2Oc2cnccn2)CC1. The predicted octanol–water partition coefficient (Wildman–Crippen LogP) is 2.45. The summed E-state index contributed by atoms with van der Waals surface area (Å²) in [6.45, 7) is 5.84. The molecule has 1 aliphatic rings. The quantitative estimate of drug-likeness (QED) is 0.819. The van der Waals surface area contributed by atoms with Crippen molar-refractivity contribution in [2.24, 2.45) is 0 Å². The molecule has 5 nitrogen and oxygen atoms in total. The molecule has 1 saturated heterocycles. The van der Waals surface area contributed by atoms with Crippen molar-refractivity contribution >= 4 is 0 Å². The van der Waals surface area contributed by atoms with E-state index in [1.807, 2.05) is 12.1 Å². The summed E-state index contributed by atoms with van der Waals surface area (Å²) in [5, 5.41) is 0. The fourth-order valence-corrected chi connectivity index (χ4v) is 2.83. The van der Waals surface area contributed by atoms with Crippen LogP contribution in [0.15, 0.2) is 42.9 Å². The molecule has 0 aliphatic carbocycles. The highest BCUT2D eigenvalue weighted by molar-refractivity contribution is 5.35. The molecule has 3 rings (SSSR count). The molecule has 0 atom stereocenters. The van der Waals surface area contributed by atoms with E-state index in [0.29, 0.717) is 5.88 Å². The Bertz CT molecular complexity index is 597. The van der Waals surface area contributed by atoms with Gasteiger partial charge in [0.05, 0.1) is 6.20 Å². The average molecular weight is 312 g/mol. The van der Waals surface area contributed by atoms with Crippen molar-refractivity contribution in [3.8, 4) is 11.6 Å². The molecular formula is C18H24N4O. The van der Waals surface area contributed by atoms with E-state index < -0.39 is 0 Å². The molecular weight excluding hydrogens is 288 g/mol. The average Bonchev–Trinajstić information content (AvgIpc) is 2.59. The van der Waals surface area contributed by atoms with Gasteiger partial charge in [-0.25, -0.2) is 4.98 Å². The molecule has 23 heavy (non-hydrogen) atoms. The lowest BCUT2D eigenvalue weighted by Gasteiger charge is -2.32. The van der Waals surface area contributed by atoms with Crippen LogP contribution in [0.2, 0.25) is 0 Å². The van der Waals surface area contributed by atoms with Crippen LogP contribution in [-0.2, 0) is 6.42 Å². The molecule has 122 valence electrons. The summed E-state index contributed by atoms with van der Waals surface area (Å²) in [4.78, 5) is 13.2. The molecule has 0 N–H and O–H groups in total. The summed E-state index contributed by atoms with van der Waals surface area (Å²) in [7, 11) is 2.19. The number of aryl methyl sites for hydroxylation is 1. The molecule has 0 amide bonds. The van der Waals surface area contributed by atoms with Gasteiger partial charge in [0.25, 0.3) is 0 Å². The van der Waals surface area contributed by atoms with Gasteiger partial charge in [-0.2, -0.15) is 0 Å². The largest absolute Gasteiger partial charge is 0.437 e. The first-order chi connectivity index (χ1) is 11.3. The maximum absolute atomic E-state index is 5.87. The number of ether oxygens (including phenoxy) is 1. The molecule has 2 aromatic rings. The number of piperazine rings is 1. The predicted molar refractivity (Wildman–Crippen MR) is 90.8 cm³/mol. The Kier molecular flexibility index (Phi) is 5.56. The molecule has 1 aromatic heterocycles. The van der Waals surface area contributed by atoms with Crippen molar-refractivity contribution < 1.29 is 4.74 Å². The van der Waals surface area contributed by atoms with Crippen molar-refractivity contribution in [3.63, 3.8) is 0 Å². The van der Waals surface area contributed by atoms with Crippen LogP contribution in [0.3, 0.4) is 0 Å². The van der Waals surface area contributed by atoms with Gasteiger partial charge in [-0.05, 0) is 38.1 Å². The van der Waals surface area contributed by atoms with Gasteiger partial charge in [0.1, 0.15) is 5.75 Å². The standard InChI is InChI=1S/C18H24N4O/c1-21-11-13-22(14-12-21)10-4-6-16-5-2-3-7-17(16)23-18-15-19-8-9-20-18/h2-3,5,7-9,15H,4,6,10-14H2,1H3. The first-order valence-electron chi connectivity index (χ1n) is 8.24. The zero-order chi connectivity index (χ0) is 15.9. The monoisotopic (exact) mass is 312 g/mol. The van der Waals surface area contributed by atoms with Crippen LogP contribution >= 0.6 is 0 Å². The molecule has 2 heterocycles. The van der Waals surface area contributed by atoms with E-state index in [0.717, 1.165) is 25.1 Å². The molecule has 1 aliphatic heterocycles. The van der Waals surface area contributed by atoms with E-state index in [1.54, 1.807) is 18.6 Å². The van der Waals surface area contributed by atoms with Crippen LogP contribution in [0.5, 0.6) is 11.6 Å². The van der Waals surface area contributed by atoms with Gasteiger partial charge in [-0.15, -0.1) is 0 Å². The maximum atomic E-state index is 5.87. The van der Waals surface area contributed by atoms with Crippen molar-refractivity contribution in [3.05, 3.63) is 48.4 Å². The summed E-state index contributed by atoms with van der Waals surface area (Å²) in [5.74, 6) is 1.42. The smallest absolute Gasteiger partial charge is 0.237 e. The van der Waals surface area contributed by atoms with Gasteiger partial charge in [-0.1, -0.05) is 18.2 Å². The maximum Gasteiger partial charge on any atom is 0.237 e. The summed E-state index contributed by atoms with van der Waals surface area (Å²) in [6.07, 6.45) is 7.09. The van der Waals surface area contributed by atoms with E-state index >= 15 is 0 Å². The first kappa shape index (κ1) is 15.9. The number of aromatic nitrogens is 2. The van der Waals surface area contributed by atoms with Crippen LogP contribution < -0.4 is 4.74 Å². The van der Waals surface area contributed by atoms with Crippen LogP contribution in [0.25, 0.3) is 0 Å². The third kappa shape index (κ3) is 4.74. The number of nitrogens with zero attached hydrogens (tertiary/aromatic N) is 4. The van der Waals surface area contributed by atoms with E-state index in [2.05, 4.69) is 38.9 Å². The number of para-hydroxylation sites is 1. The number of hydrogen-bond donors (Lipinski definition) is 0. The number of likely N-dealkylation sites (N-methyl/N-ethyl adjacent to an activating group) is 1. The zero-order valence-corrected chi connectivity index (χ0v) is 13.7. The van der Waals surface area contributed by atoms with Crippen molar-refractivity contribution in [2.45, 2.75) is 12.8 Å². The summed E-state index contributed by atoms with van der Waals surface area (Å²) in [6, 6.07) is 8.19. The molecule has 0 unspecified atom stereocenters. The highest BCUT2D eigenvalue weighted by Crippen LogP contribution is 2.24. The lowest BCUT2D eigenvalue weighted by molar-refractivity contribution is 0.153. The minimum Gasteiger partial charge on any atom is -0.437 e. The van der Waals surface area contributed by atoms with E-state index in [9.17, 15) is 0 Å². The molecule has 5 heteroatoms. The van der Waals surface area contributed by atoms with Crippen LogP contribution in [-0.4, -0.2) is 59.5 Å². The minimum absolute atomic E-state index is 0.541. The normalized spacial score (nSPS) is 16.4. The zero-order valence-electron chi connectivity index (χ0n) is 13.7. The molecule has 0 spiro atoms. The molecule has 0 radical (unpaired) electrons.